The summed E-state index contributed by atoms with van der Waals surface area (Å²) in [6.07, 6.45) is 0. The summed E-state index contributed by atoms with van der Waals surface area (Å²) in [5.41, 5.74) is 1.61. The monoisotopic (exact) mass is 522 g/mol. The molecule has 2 rings (SSSR count). The maximum atomic E-state index is 12.3. The summed E-state index contributed by atoms with van der Waals surface area (Å²) >= 11 is 0. The van der Waals surface area contributed by atoms with Crippen molar-refractivity contribution in [2.75, 3.05) is 13.2 Å². The number of hydrogen-bond donors (Lipinski definition) is 0. The number of benzene rings is 2. The van der Waals surface area contributed by atoms with Gasteiger partial charge in [0, 0.05) is 16.7 Å². The molecule has 0 N–H and O–H groups in total. The van der Waals surface area contributed by atoms with Gasteiger partial charge in [-0.05, 0) is 56.2 Å². The Kier molecular flexibility index (Phi) is 10.3. The van der Waals surface area contributed by atoms with E-state index in [0.29, 0.717) is 16.9 Å². The zero-order valence-electron chi connectivity index (χ0n) is 21.2. The number of carbonyl (C=O) groups excluding carboxylic acids is 5. The van der Waals surface area contributed by atoms with Crippen molar-refractivity contribution < 1.29 is 47.7 Å². The molecule has 0 aromatic heterocycles. The first kappa shape index (κ1) is 29.2. The van der Waals surface area contributed by atoms with Crippen LogP contribution in [0.3, 0.4) is 0 Å². The Labute approximate surface area is 219 Å². The van der Waals surface area contributed by atoms with Crippen LogP contribution < -0.4 is 14.2 Å². The fourth-order valence-electron chi connectivity index (χ4n) is 2.56. The third-order valence-corrected chi connectivity index (χ3v) is 4.48. The average Bonchev–Trinajstić information content (AvgIpc) is 2.87. The van der Waals surface area contributed by atoms with Gasteiger partial charge in [-0.1, -0.05) is 37.9 Å². The molecule has 0 radical (unpaired) electrons. The number of hydrogen-bond acceptors (Lipinski definition) is 10. The molecule has 10 heteroatoms. The van der Waals surface area contributed by atoms with Crippen LogP contribution in [0.1, 0.15) is 20.8 Å². The van der Waals surface area contributed by atoms with Gasteiger partial charge in [0.2, 0.25) is 0 Å². The van der Waals surface area contributed by atoms with Gasteiger partial charge in [-0.3, -0.25) is 0 Å². The van der Waals surface area contributed by atoms with E-state index in [-0.39, 0.29) is 28.2 Å². The molecule has 0 spiro atoms. The van der Waals surface area contributed by atoms with E-state index in [1.54, 1.807) is 30.3 Å². The highest BCUT2D eigenvalue weighted by atomic mass is 16.6. The number of carbonyl (C=O) groups is 5. The molecule has 10 nitrogen and oxygen atoms in total. The summed E-state index contributed by atoms with van der Waals surface area (Å²) in [7, 11) is 0. The van der Waals surface area contributed by atoms with Gasteiger partial charge in [-0.15, -0.1) is 0 Å². The predicted molar refractivity (Wildman–Crippen MR) is 135 cm³/mol. The highest BCUT2D eigenvalue weighted by Gasteiger charge is 2.18. The van der Waals surface area contributed by atoms with E-state index in [1.807, 2.05) is 0 Å². The van der Waals surface area contributed by atoms with Gasteiger partial charge in [-0.25, -0.2) is 24.0 Å². The van der Waals surface area contributed by atoms with Gasteiger partial charge in [0.1, 0.15) is 5.75 Å². The highest BCUT2D eigenvalue weighted by Crippen LogP contribution is 2.34. The van der Waals surface area contributed by atoms with Crippen molar-refractivity contribution in [1.82, 2.24) is 0 Å². The number of esters is 5. The fourth-order valence-corrected chi connectivity index (χ4v) is 2.56. The molecule has 2 aromatic rings. The van der Waals surface area contributed by atoms with Crippen molar-refractivity contribution in [1.29, 1.82) is 0 Å². The topological polar surface area (TPSA) is 132 Å². The van der Waals surface area contributed by atoms with Crippen molar-refractivity contribution in [3.05, 3.63) is 78.9 Å². The quantitative estimate of drug-likeness (QED) is 0.243. The molecule has 0 aliphatic carbocycles. The maximum Gasteiger partial charge on any atom is 0.349 e. The Morgan fingerprint density at radius 3 is 1.50 bits per heavy atom. The first-order valence-corrected chi connectivity index (χ1v) is 11.1. The van der Waals surface area contributed by atoms with Crippen LogP contribution in [0.25, 0.3) is 11.1 Å². The fraction of sp³-hybridized carbons (Fsp3) is 0.179. The van der Waals surface area contributed by atoms with E-state index in [4.69, 9.17) is 23.7 Å². The minimum absolute atomic E-state index is 0.0936. The van der Waals surface area contributed by atoms with Gasteiger partial charge in [0.25, 0.3) is 0 Å². The molecular weight excluding hydrogens is 496 g/mol. The minimum atomic E-state index is -0.954. The normalized spacial score (nSPS) is 9.97. The third-order valence-electron chi connectivity index (χ3n) is 4.48. The van der Waals surface area contributed by atoms with Crippen LogP contribution in [0.2, 0.25) is 0 Å². The van der Waals surface area contributed by atoms with E-state index in [0.717, 1.165) is 0 Å². The molecule has 0 amide bonds. The SMILES string of the molecule is C=C(C)C(=O)OCC(=O)Oc1ccc(-c2ccc(OC(=O)C(=C)C)cc2)cc1OC(=O)COC(=O)C(=C)C. The lowest BCUT2D eigenvalue weighted by Crippen LogP contribution is -2.21. The third kappa shape index (κ3) is 8.90. The van der Waals surface area contributed by atoms with E-state index >= 15 is 0 Å². The average molecular weight is 523 g/mol. The summed E-state index contributed by atoms with van der Waals surface area (Å²) in [5, 5.41) is 0. The molecule has 38 heavy (non-hydrogen) atoms. The van der Waals surface area contributed by atoms with E-state index in [9.17, 15) is 24.0 Å². The first-order valence-electron chi connectivity index (χ1n) is 11.1. The molecule has 2 aromatic carbocycles. The summed E-state index contributed by atoms with van der Waals surface area (Å²) in [5.74, 6) is -4.06. The molecule has 0 saturated carbocycles. The molecule has 0 heterocycles. The predicted octanol–water partition coefficient (Wildman–Crippen LogP) is 3.88. The van der Waals surface area contributed by atoms with Crippen LogP contribution in [0.15, 0.2) is 78.9 Å². The Bertz CT molecular complexity index is 1300. The van der Waals surface area contributed by atoms with E-state index in [1.165, 1.54) is 32.9 Å². The highest BCUT2D eigenvalue weighted by molar-refractivity contribution is 5.90. The second-order valence-electron chi connectivity index (χ2n) is 8.02. The van der Waals surface area contributed by atoms with Crippen molar-refractivity contribution >= 4 is 29.8 Å². The first-order chi connectivity index (χ1) is 17.9. The Balaban J connectivity index is 2.27. The molecule has 0 bridgehead atoms. The van der Waals surface area contributed by atoms with Crippen LogP contribution in [0.4, 0.5) is 0 Å². The summed E-state index contributed by atoms with van der Waals surface area (Å²) in [4.78, 5) is 59.3. The second kappa shape index (κ2) is 13.4. The van der Waals surface area contributed by atoms with Crippen molar-refractivity contribution in [2.24, 2.45) is 0 Å². The molecule has 0 aliphatic rings. The largest absolute Gasteiger partial charge is 0.450 e. The van der Waals surface area contributed by atoms with Crippen LogP contribution in [0.5, 0.6) is 17.2 Å². The molecule has 0 atom stereocenters. The van der Waals surface area contributed by atoms with E-state index in [2.05, 4.69) is 19.7 Å². The molecule has 0 unspecified atom stereocenters. The standard InChI is InChI=1S/C28H26O10/c1-16(2)26(31)34-14-24(29)37-22-12-9-20(13-23(22)38-25(30)15-35-27(32)17(3)4)19-7-10-21(11-8-19)36-28(33)18(5)6/h7-13H,1,3,5,14-15H2,2,4,6H3. The minimum Gasteiger partial charge on any atom is -0.450 e. The Morgan fingerprint density at radius 2 is 1.03 bits per heavy atom. The maximum absolute atomic E-state index is 12.3. The summed E-state index contributed by atoms with van der Waals surface area (Å²) < 4.78 is 25.2. The van der Waals surface area contributed by atoms with Crippen LogP contribution in [0, 0.1) is 0 Å². The molecule has 0 fully saturated rings. The molecule has 198 valence electrons. The van der Waals surface area contributed by atoms with E-state index < -0.39 is 43.1 Å². The van der Waals surface area contributed by atoms with Gasteiger partial charge < -0.3 is 23.7 Å². The van der Waals surface area contributed by atoms with Crippen molar-refractivity contribution in [3.8, 4) is 28.4 Å². The van der Waals surface area contributed by atoms with Gasteiger partial charge in [0.15, 0.2) is 24.7 Å². The zero-order valence-corrected chi connectivity index (χ0v) is 21.2. The van der Waals surface area contributed by atoms with Crippen LogP contribution in [-0.2, 0) is 33.4 Å². The van der Waals surface area contributed by atoms with Crippen molar-refractivity contribution in [3.63, 3.8) is 0 Å². The second-order valence-corrected chi connectivity index (χ2v) is 8.02. The number of ether oxygens (including phenoxy) is 5. The molecule has 0 saturated heterocycles. The van der Waals surface area contributed by atoms with Crippen molar-refractivity contribution in [2.45, 2.75) is 20.8 Å². The summed E-state index contributed by atoms with van der Waals surface area (Å²) in [6.45, 7) is 13.3. The van der Waals surface area contributed by atoms with Gasteiger partial charge >= 0.3 is 29.8 Å². The van der Waals surface area contributed by atoms with Gasteiger partial charge in [-0.2, -0.15) is 0 Å². The van der Waals surface area contributed by atoms with Crippen LogP contribution >= 0.6 is 0 Å². The zero-order chi connectivity index (χ0) is 28.4. The lowest BCUT2D eigenvalue weighted by atomic mass is 10.0. The molecule has 0 aliphatic heterocycles. The summed E-state index contributed by atoms with van der Waals surface area (Å²) in [6, 6.07) is 10.8. The van der Waals surface area contributed by atoms with Gasteiger partial charge in [0.05, 0.1) is 0 Å². The smallest absolute Gasteiger partial charge is 0.349 e. The number of rotatable bonds is 11. The Morgan fingerprint density at radius 1 is 0.579 bits per heavy atom. The lowest BCUT2D eigenvalue weighted by Gasteiger charge is -2.13. The lowest BCUT2D eigenvalue weighted by molar-refractivity contribution is -0.151. The Hall–Kier alpha value is -4.99. The van der Waals surface area contributed by atoms with Crippen LogP contribution in [-0.4, -0.2) is 43.1 Å². The molecular formula is C28H26O10.